The molecule has 2 aromatic heterocycles. The van der Waals surface area contributed by atoms with E-state index in [-0.39, 0.29) is 0 Å². The Kier molecular flexibility index (Phi) is 4.48. The zero-order chi connectivity index (χ0) is 14.8. The molecule has 3 nitrogen and oxygen atoms in total. The van der Waals surface area contributed by atoms with Crippen LogP contribution < -0.4 is 0 Å². The van der Waals surface area contributed by atoms with Gasteiger partial charge in [0.15, 0.2) is 5.65 Å². The predicted molar refractivity (Wildman–Crippen MR) is 87.6 cm³/mol. The van der Waals surface area contributed by atoms with Gasteiger partial charge in [-0.1, -0.05) is 26.2 Å². The van der Waals surface area contributed by atoms with Crippen molar-refractivity contribution in [2.45, 2.75) is 58.4 Å². The van der Waals surface area contributed by atoms with Crippen LogP contribution in [0.2, 0.25) is 0 Å². The first-order valence-electron chi connectivity index (χ1n) is 8.10. The summed E-state index contributed by atoms with van der Waals surface area (Å²) >= 11 is 6.10. The Balaban J connectivity index is 1.84. The summed E-state index contributed by atoms with van der Waals surface area (Å²) in [7, 11) is 0. The van der Waals surface area contributed by atoms with E-state index in [1.165, 1.54) is 32.1 Å². The van der Waals surface area contributed by atoms with Crippen LogP contribution in [0.3, 0.4) is 0 Å². The van der Waals surface area contributed by atoms with E-state index in [0.29, 0.717) is 5.88 Å². The predicted octanol–water partition coefficient (Wildman–Crippen LogP) is 4.69. The SMILES string of the molecule is CCC1CCC(Cn2c(CCl)nc3ccc(C)nc32)CC1. The lowest BCUT2D eigenvalue weighted by atomic mass is 9.81. The van der Waals surface area contributed by atoms with Gasteiger partial charge >= 0.3 is 0 Å². The maximum atomic E-state index is 6.10. The summed E-state index contributed by atoms with van der Waals surface area (Å²) in [4.78, 5) is 9.32. The van der Waals surface area contributed by atoms with Crippen molar-refractivity contribution >= 4 is 22.8 Å². The number of aryl methyl sites for hydroxylation is 1. The van der Waals surface area contributed by atoms with E-state index < -0.39 is 0 Å². The molecule has 0 N–H and O–H groups in total. The standard InChI is InChI=1S/C17H24ClN3/c1-3-13-5-7-14(8-6-13)11-21-16(10-18)20-15-9-4-12(2)19-17(15)21/h4,9,13-14H,3,5-8,10-11H2,1-2H3. The van der Waals surface area contributed by atoms with Gasteiger partial charge in [0.1, 0.15) is 11.3 Å². The van der Waals surface area contributed by atoms with Gasteiger partial charge in [0.2, 0.25) is 0 Å². The molecule has 0 amide bonds. The minimum Gasteiger partial charge on any atom is -0.311 e. The molecule has 114 valence electrons. The monoisotopic (exact) mass is 305 g/mol. The fourth-order valence-corrected chi connectivity index (χ4v) is 3.72. The van der Waals surface area contributed by atoms with Crippen LogP contribution in [0, 0.1) is 18.8 Å². The van der Waals surface area contributed by atoms with Gasteiger partial charge in [-0.3, -0.25) is 0 Å². The summed E-state index contributed by atoms with van der Waals surface area (Å²) in [5.74, 6) is 3.10. The second-order valence-corrected chi connectivity index (χ2v) is 6.63. The minimum absolute atomic E-state index is 0.458. The van der Waals surface area contributed by atoms with E-state index in [2.05, 4.69) is 27.5 Å². The lowest BCUT2D eigenvalue weighted by molar-refractivity contribution is 0.248. The van der Waals surface area contributed by atoms with Gasteiger partial charge in [0.25, 0.3) is 0 Å². The van der Waals surface area contributed by atoms with Crippen LogP contribution in [0.25, 0.3) is 11.2 Å². The third-order valence-corrected chi connectivity index (χ3v) is 5.15. The lowest BCUT2D eigenvalue weighted by Crippen LogP contribution is -2.19. The molecular formula is C17H24ClN3. The molecule has 0 spiro atoms. The average molecular weight is 306 g/mol. The topological polar surface area (TPSA) is 30.7 Å². The number of fused-ring (bicyclic) bond motifs is 1. The first-order valence-corrected chi connectivity index (χ1v) is 8.63. The molecule has 4 heteroatoms. The van der Waals surface area contributed by atoms with E-state index in [4.69, 9.17) is 11.6 Å². The highest BCUT2D eigenvalue weighted by molar-refractivity contribution is 6.16. The van der Waals surface area contributed by atoms with Crippen LogP contribution in [0.5, 0.6) is 0 Å². The number of aromatic nitrogens is 3. The Hall–Kier alpha value is -1.09. The highest BCUT2D eigenvalue weighted by atomic mass is 35.5. The highest BCUT2D eigenvalue weighted by Crippen LogP contribution is 2.32. The largest absolute Gasteiger partial charge is 0.311 e. The Morgan fingerprint density at radius 2 is 1.86 bits per heavy atom. The second kappa shape index (κ2) is 6.35. The number of hydrogen-bond acceptors (Lipinski definition) is 2. The molecule has 2 aromatic rings. The zero-order valence-electron chi connectivity index (χ0n) is 13.0. The smallest absolute Gasteiger partial charge is 0.160 e. The quantitative estimate of drug-likeness (QED) is 0.767. The molecule has 1 aliphatic rings. The Labute approximate surface area is 131 Å². The van der Waals surface area contributed by atoms with E-state index >= 15 is 0 Å². The summed E-state index contributed by atoms with van der Waals surface area (Å²) < 4.78 is 2.26. The number of imidazole rings is 1. The fraction of sp³-hybridized carbons (Fsp3) is 0.647. The normalized spacial score (nSPS) is 22.8. The molecule has 3 rings (SSSR count). The van der Waals surface area contributed by atoms with Crippen LogP contribution in [-0.4, -0.2) is 14.5 Å². The average Bonchev–Trinajstić information content (AvgIpc) is 2.85. The van der Waals surface area contributed by atoms with Crippen LogP contribution in [0.15, 0.2) is 12.1 Å². The van der Waals surface area contributed by atoms with Gasteiger partial charge in [-0.25, -0.2) is 9.97 Å². The van der Waals surface area contributed by atoms with Crippen LogP contribution in [-0.2, 0) is 12.4 Å². The Morgan fingerprint density at radius 1 is 1.14 bits per heavy atom. The fourth-order valence-electron chi connectivity index (χ4n) is 3.52. The van der Waals surface area contributed by atoms with Crippen molar-refractivity contribution < 1.29 is 0 Å². The molecule has 0 unspecified atom stereocenters. The van der Waals surface area contributed by atoms with Crippen molar-refractivity contribution in [3.63, 3.8) is 0 Å². The first-order chi connectivity index (χ1) is 10.2. The van der Waals surface area contributed by atoms with Gasteiger partial charge in [-0.05, 0) is 43.7 Å². The minimum atomic E-state index is 0.458. The Morgan fingerprint density at radius 3 is 2.52 bits per heavy atom. The molecule has 0 aromatic carbocycles. The van der Waals surface area contributed by atoms with Crippen molar-refractivity contribution in [2.75, 3.05) is 0 Å². The molecule has 1 saturated carbocycles. The number of hydrogen-bond donors (Lipinski definition) is 0. The van der Waals surface area contributed by atoms with Crippen molar-refractivity contribution in [1.82, 2.24) is 14.5 Å². The van der Waals surface area contributed by atoms with Crippen LogP contribution in [0.4, 0.5) is 0 Å². The molecule has 1 fully saturated rings. The maximum Gasteiger partial charge on any atom is 0.160 e. The first kappa shape index (κ1) is 14.8. The molecule has 0 bridgehead atoms. The number of rotatable bonds is 4. The highest BCUT2D eigenvalue weighted by Gasteiger charge is 2.22. The molecule has 0 radical (unpaired) electrons. The van der Waals surface area contributed by atoms with Crippen molar-refractivity contribution in [3.8, 4) is 0 Å². The summed E-state index contributed by atoms with van der Waals surface area (Å²) in [5, 5.41) is 0. The molecular weight excluding hydrogens is 282 g/mol. The lowest BCUT2D eigenvalue weighted by Gasteiger charge is -2.28. The van der Waals surface area contributed by atoms with Gasteiger partial charge in [-0.2, -0.15) is 0 Å². The maximum absolute atomic E-state index is 6.10. The number of nitrogens with zero attached hydrogens (tertiary/aromatic N) is 3. The van der Waals surface area contributed by atoms with E-state index in [1.54, 1.807) is 0 Å². The summed E-state index contributed by atoms with van der Waals surface area (Å²) in [6.45, 7) is 5.36. The van der Waals surface area contributed by atoms with Crippen molar-refractivity contribution in [2.24, 2.45) is 11.8 Å². The Bertz CT molecular complexity index is 612. The van der Waals surface area contributed by atoms with Crippen molar-refractivity contribution in [1.29, 1.82) is 0 Å². The third-order valence-electron chi connectivity index (χ3n) is 4.91. The van der Waals surface area contributed by atoms with Gasteiger partial charge < -0.3 is 4.57 Å². The zero-order valence-corrected chi connectivity index (χ0v) is 13.7. The third kappa shape index (κ3) is 3.08. The van der Waals surface area contributed by atoms with E-state index in [0.717, 1.165) is 41.1 Å². The summed E-state index contributed by atoms with van der Waals surface area (Å²) in [5.41, 5.74) is 3.02. The molecule has 0 atom stereocenters. The van der Waals surface area contributed by atoms with Crippen LogP contribution in [0.1, 0.15) is 50.5 Å². The van der Waals surface area contributed by atoms with Gasteiger partial charge in [0, 0.05) is 12.2 Å². The number of alkyl halides is 1. The van der Waals surface area contributed by atoms with Gasteiger partial charge in [0.05, 0.1) is 5.88 Å². The molecule has 1 aliphatic carbocycles. The van der Waals surface area contributed by atoms with Gasteiger partial charge in [-0.15, -0.1) is 11.6 Å². The summed E-state index contributed by atoms with van der Waals surface area (Å²) in [6, 6.07) is 4.07. The van der Waals surface area contributed by atoms with E-state index in [9.17, 15) is 0 Å². The van der Waals surface area contributed by atoms with Crippen molar-refractivity contribution in [3.05, 3.63) is 23.7 Å². The van der Waals surface area contributed by atoms with Crippen LogP contribution >= 0.6 is 11.6 Å². The second-order valence-electron chi connectivity index (χ2n) is 6.36. The molecule has 21 heavy (non-hydrogen) atoms. The number of halogens is 1. The molecule has 0 saturated heterocycles. The van der Waals surface area contributed by atoms with E-state index in [1.807, 2.05) is 13.0 Å². The molecule has 0 aliphatic heterocycles. The molecule has 2 heterocycles. The number of pyridine rings is 1. The summed E-state index contributed by atoms with van der Waals surface area (Å²) in [6.07, 6.45) is 6.72.